The Balaban J connectivity index is 1.88. The molecule has 0 unspecified atom stereocenters. The number of rotatable bonds is 10. The first kappa shape index (κ1) is 29.0. The van der Waals surface area contributed by atoms with Gasteiger partial charge in [-0.2, -0.15) is 0 Å². The minimum Gasteiger partial charge on any atom is -0.508 e. The number of benzene rings is 2. The standard InChI is InChI=1S/C28H35N2O7P/c1-18(2)8-5-9-19(3)10-6-11-20(4)14-15-30-23-16-21(31)17-24(32)27(23)29-26-22(28(30)33)12-7-13-25(26)37-38(34,35)36/h7-8,10,12-14,16-17,29,31-32H,5-6,9,11,15H2,1-4H3,(H2,34,35,36). The highest BCUT2D eigenvalue weighted by Crippen LogP contribution is 2.48. The third-order valence-corrected chi connectivity index (χ3v) is 6.52. The highest BCUT2D eigenvalue weighted by Gasteiger charge is 2.31. The lowest BCUT2D eigenvalue weighted by molar-refractivity contribution is 0.0990. The van der Waals surface area contributed by atoms with Crippen molar-refractivity contribution < 1.29 is 33.9 Å². The van der Waals surface area contributed by atoms with Crippen LogP contribution in [0.4, 0.5) is 17.1 Å². The molecule has 10 heteroatoms. The number of phenols is 2. The molecule has 0 saturated carbocycles. The van der Waals surface area contributed by atoms with E-state index in [4.69, 9.17) is 4.52 Å². The number of hydrogen-bond acceptors (Lipinski definition) is 6. The lowest BCUT2D eigenvalue weighted by Gasteiger charge is -2.22. The summed E-state index contributed by atoms with van der Waals surface area (Å²) in [5.41, 5.74) is 4.10. The van der Waals surface area contributed by atoms with E-state index in [1.54, 1.807) is 0 Å². The summed E-state index contributed by atoms with van der Waals surface area (Å²) in [5, 5.41) is 23.6. The maximum atomic E-state index is 13.6. The first-order valence-electron chi connectivity index (χ1n) is 12.3. The molecule has 0 fully saturated rings. The van der Waals surface area contributed by atoms with E-state index in [2.05, 4.69) is 38.2 Å². The summed E-state index contributed by atoms with van der Waals surface area (Å²) in [5.74, 6) is -1.33. The van der Waals surface area contributed by atoms with E-state index in [1.165, 1.54) is 40.3 Å². The van der Waals surface area contributed by atoms with E-state index in [0.29, 0.717) is 0 Å². The highest BCUT2D eigenvalue weighted by atomic mass is 31.2. The molecule has 3 rings (SSSR count). The van der Waals surface area contributed by atoms with Gasteiger partial charge < -0.3 is 25.0 Å². The van der Waals surface area contributed by atoms with E-state index in [9.17, 15) is 29.4 Å². The number of allylic oxidation sites excluding steroid dienone is 5. The molecule has 1 heterocycles. The average Bonchev–Trinajstić information content (AvgIpc) is 2.92. The van der Waals surface area contributed by atoms with E-state index in [-0.39, 0.29) is 46.4 Å². The first-order valence-corrected chi connectivity index (χ1v) is 13.9. The van der Waals surface area contributed by atoms with Gasteiger partial charge in [-0.3, -0.25) is 14.6 Å². The fourth-order valence-electron chi connectivity index (χ4n) is 4.13. The molecule has 0 atom stereocenters. The zero-order valence-corrected chi connectivity index (χ0v) is 23.0. The van der Waals surface area contributed by atoms with Gasteiger partial charge in [-0.25, -0.2) is 4.57 Å². The molecule has 0 saturated heterocycles. The summed E-state index contributed by atoms with van der Waals surface area (Å²) in [6, 6.07) is 6.70. The first-order chi connectivity index (χ1) is 17.9. The van der Waals surface area contributed by atoms with Crippen LogP contribution in [0.25, 0.3) is 0 Å². The number of phosphoric ester groups is 1. The quantitative estimate of drug-likeness (QED) is 0.0968. The van der Waals surface area contributed by atoms with Crippen LogP contribution in [0.1, 0.15) is 63.7 Å². The van der Waals surface area contributed by atoms with Crippen molar-refractivity contribution in [1.29, 1.82) is 0 Å². The molecule has 0 radical (unpaired) electrons. The molecule has 0 aromatic heterocycles. The molecule has 0 spiro atoms. The van der Waals surface area contributed by atoms with Gasteiger partial charge in [0, 0.05) is 18.7 Å². The molecule has 2 aromatic rings. The van der Waals surface area contributed by atoms with Gasteiger partial charge in [-0.15, -0.1) is 0 Å². The Morgan fingerprint density at radius 2 is 1.63 bits per heavy atom. The minimum absolute atomic E-state index is 0.00000891. The second kappa shape index (κ2) is 12.3. The third kappa shape index (κ3) is 7.74. The number of phenolic OH excluding ortho intramolecular Hbond substituents is 2. The summed E-state index contributed by atoms with van der Waals surface area (Å²) < 4.78 is 16.3. The van der Waals surface area contributed by atoms with Gasteiger partial charge in [0.2, 0.25) is 0 Å². The van der Waals surface area contributed by atoms with Crippen molar-refractivity contribution in [1.82, 2.24) is 0 Å². The van der Waals surface area contributed by atoms with Crippen LogP contribution in [-0.2, 0) is 4.57 Å². The fourth-order valence-corrected chi connectivity index (χ4v) is 4.54. The van der Waals surface area contributed by atoms with Crippen LogP contribution in [0.15, 0.2) is 65.3 Å². The fraction of sp³-hybridized carbons (Fsp3) is 0.321. The molecule has 204 valence electrons. The van der Waals surface area contributed by atoms with Gasteiger partial charge in [0.15, 0.2) is 5.75 Å². The molecular formula is C28H35N2O7P. The molecule has 5 N–H and O–H groups in total. The monoisotopic (exact) mass is 542 g/mol. The number of phosphoric acid groups is 1. The molecular weight excluding hydrogens is 507 g/mol. The Hall–Kier alpha value is -3.52. The van der Waals surface area contributed by atoms with Crippen LogP contribution in [0.2, 0.25) is 0 Å². The zero-order valence-electron chi connectivity index (χ0n) is 22.1. The molecule has 38 heavy (non-hydrogen) atoms. The number of para-hydroxylation sites is 1. The SMILES string of the molecule is CC(C)=CCCC(C)=CCCC(C)=CCN1C(=O)c2cccc(OP(=O)(O)O)c2Nc2c(O)cc(O)cc21. The number of nitrogens with zero attached hydrogens (tertiary/aromatic N) is 1. The predicted octanol–water partition coefficient (Wildman–Crippen LogP) is 6.69. The van der Waals surface area contributed by atoms with E-state index >= 15 is 0 Å². The number of amides is 1. The third-order valence-electron chi connectivity index (χ3n) is 6.09. The lowest BCUT2D eigenvalue weighted by atomic mass is 10.1. The van der Waals surface area contributed by atoms with E-state index in [0.717, 1.165) is 37.3 Å². The molecule has 0 aliphatic carbocycles. The van der Waals surface area contributed by atoms with Crippen molar-refractivity contribution in [3.05, 3.63) is 70.8 Å². The van der Waals surface area contributed by atoms with Gasteiger partial charge >= 0.3 is 7.82 Å². The van der Waals surface area contributed by atoms with Gasteiger partial charge in [0.25, 0.3) is 5.91 Å². The smallest absolute Gasteiger partial charge is 0.508 e. The maximum absolute atomic E-state index is 13.6. The Kier molecular flexibility index (Phi) is 9.44. The van der Waals surface area contributed by atoms with Gasteiger partial charge in [-0.1, -0.05) is 41.0 Å². The van der Waals surface area contributed by atoms with Crippen molar-refractivity contribution in [2.45, 2.75) is 53.4 Å². The van der Waals surface area contributed by atoms with Crippen molar-refractivity contribution in [3.8, 4) is 17.2 Å². The number of fused-ring (bicyclic) bond motifs is 2. The van der Waals surface area contributed by atoms with Crippen molar-refractivity contribution in [3.63, 3.8) is 0 Å². The second-order valence-corrected chi connectivity index (χ2v) is 10.8. The minimum atomic E-state index is -4.93. The summed E-state index contributed by atoms with van der Waals surface area (Å²) in [6.07, 6.45) is 10.1. The number of carbonyl (C=O) groups is 1. The lowest BCUT2D eigenvalue weighted by Crippen LogP contribution is -2.30. The molecule has 1 aliphatic heterocycles. The molecule has 1 aliphatic rings. The van der Waals surface area contributed by atoms with Crippen LogP contribution in [-0.4, -0.2) is 32.5 Å². The number of nitrogens with one attached hydrogen (secondary N) is 1. The predicted molar refractivity (Wildman–Crippen MR) is 149 cm³/mol. The van der Waals surface area contributed by atoms with Crippen molar-refractivity contribution in [2.24, 2.45) is 0 Å². The van der Waals surface area contributed by atoms with Crippen LogP contribution in [0, 0.1) is 0 Å². The second-order valence-electron chi connectivity index (χ2n) is 9.62. The Morgan fingerprint density at radius 3 is 2.29 bits per heavy atom. The van der Waals surface area contributed by atoms with Crippen molar-refractivity contribution >= 4 is 30.8 Å². The van der Waals surface area contributed by atoms with Crippen LogP contribution in [0.5, 0.6) is 17.2 Å². The average molecular weight is 543 g/mol. The van der Waals surface area contributed by atoms with Gasteiger partial charge in [0.1, 0.15) is 17.2 Å². The van der Waals surface area contributed by atoms with Crippen LogP contribution >= 0.6 is 7.82 Å². The summed E-state index contributed by atoms with van der Waals surface area (Å²) in [4.78, 5) is 33.7. The molecule has 0 bridgehead atoms. The molecule has 1 amide bonds. The number of hydrogen-bond donors (Lipinski definition) is 5. The summed E-state index contributed by atoms with van der Waals surface area (Å²) >= 11 is 0. The van der Waals surface area contributed by atoms with Gasteiger partial charge in [0.05, 0.1) is 16.9 Å². The summed E-state index contributed by atoms with van der Waals surface area (Å²) in [6.45, 7) is 8.43. The van der Waals surface area contributed by atoms with Crippen molar-refractivity contribution in [2.75, 3.05) is 16.8 Å². The summed E-state index contributed by atoms with van der Waals surface area (Å²) in [7, 11) is -4.93. The van der Waals surface area contributed by atoms with E-state index < -0.39 is 13.7 Å². The topological polar surface area (TPSA) is 140 Å². The number of anilines is 3. The maximum Gasteiger partial charge on any atom is 0.524 e. The highest BCUT2D eigenvalue weighted by molar-refractivity contribution is 7.46. The number of aromatic hydroxyl groups is 2. The Labute approximate surface area is 223 Å². The van der Waals surface area contributed by atoms with E-state index in [1.807, 2.05) is 13.0 Å². The normalized spacial score (nSPS) is 13.8. The Morgan fingerprint density at radius 1 is 0.974 bits per heavy atom. The van der Waals surface area contributed by atoms with Crippen LogP contribution in [0.3, 0.4) is 0 Å². The largest absolute Gasteiger partial charge is 0.524 e. The molecule has 9 nitrogen and oxygen atoms in total. The Bertz CT molecular complexity index is 1340. The zero-order chi connectivity index (χ0) is 28.0. The van der Waals surface area contributed by atoms with Crippen LogP contribution < -0.4 is 14.7 Å². The molecule has 2 aromatic carbocycles. The van der Waals surface area contributed by atoms with Gasteiger partial charge in [-0.05, 0) is 65.5 Å². The number of carbonyl (C=O) groups excluding carboxylic acids is 1.